The number of hydrogen-bond acceptors (Lipinski definition) is 4. The van der Waals surface area contributed by atoms with Gasteiger partial charge in [-0.3, -0.25) is 14.5 Å². The first-order chi connectivity index (χ1) is 17.7. The molecule has 0 saturated carbocycles. The van der Waals surface area contributed by atoms with Crippen LogP contribution in [0.2, 0.25) is 0 Å². The maximum atomic E-state index is 13.2. The zero-order chi connectivity index (χ0) is 26.2. The molecule has 1 aromatic rings. The van der Waals surface area contributed by atoms with Crippen molar-refractivity contribution >= 4 is 17.8 Å². The van der Waals surface area contributed by atoms with Crippen molar-refractivity contribution in [1.29, 1.82) is 0 Å². The summed E-state index contributed by atoms with van der Waals surface area (Å²) in [6.07, 6.45) is 9.58. The molecule has 4 amide bonds. The van der Waals surface area contributed by atoms with E-state index in [0.717, 1.165) is 68.8 Å². The Kier molecular flexibility index (Phi) is 7.12. The topological polar surface area (TPSA) is 76.2 Å². The number of nitrogens with zero attached hydrogens (tertiary/aromatic N) is 4. The van der Waals surface area contributed by atoms with Gasteiger partial charge in [-0.25, -0.2) is 4.79 Å². The number of carbonyl (C=O) groups is 3. The van der Waals surface area contributed by atoms with Gasteiger partial charge < -0.3 is 20.0 Å². The predicted octanol–water partition coefficient (Wildman–Crippen LogP) is 2.65. The fraction of sp³-hybridized carbons (Fsp3) is 0.552. The SMILES string of the molecule is CC(C)(C)NC(=O)N1CCc2cc(C(=O)N3CC(N4CCN(C(=O)C5C=CC=CC5)CC4)C3)ccc2C1. The average Bonchev–Trinajstić information content (AvgIpc) is 2.86. The molecule has 1 N–H and O–H groups in total. The Hall–Kier alpha value is -3.13. The first-order valence-corrected chi connectivity index (χ1v) is 13.5. The predicted molar refractivity (Wildman–Crippen MR) is 143 cm³/mol. The van der Waals surface area contributed by atoms with Crippen molar-refractivity contribution in [3.63, 3.8) is 0 Å². The van der Waals surface area contributed by atoms with Crippen molar-refractivity contribution in [3.8, 4) is 0 Å². The number of benzene rings is 1. The summed E-state index contributed by atoms with van der Waals surface area (Å²) < 4.78 is 0. The maximum absolute atomic E-state index is 13.2. The Balaban J connectivity index is 1.09. The number of likely N-dealkylation sites (tertiary alicyclic amines) is 1. The second-order valence-electron chi connectivity index (χ2n) is 11.7. The Bertz CT molecular complexity index is 1110. The van der Waals surface area contributed by atoms with E-state index >= 15 is 0 Å². The Morgan fingerprint density at radius 2 is 1.65 bits per heavy atom. The van der Waals surface area contributed by atoms with Gasteiger partial charge in [0.25, 0.3) is 5.91 Å². The number of piperazine rings is 1. The minimum atomic E-state index is -0.266. The van der Waals surface area contributed by atoms with Gasteiger partial charge in [-0.15, -0.1) is 0 Å². The van der Waals surface area contributed by atoms with Gasteiger partial charge in [-0.1, -0.05) is 30.4 Å². The van der Waals surface area contributed by atoms with Crippen LogP contribution in [0.4, 0.5) is 4.79 Å². The minimum absolute atomic E-state index is 0.0197. The number of allylic oxidation sites excluding steroid dienone is 3. The molecule has 8 heteroatoms. The fourth-order valence-electron chi connectivity index (χ4n) is 5.60. The third-order valence-corrected chi connectivity index (χ3v) is 7.82. The van der Waals surface area contributed by atoms with Crippen molar-refractivity contribution < 1.29 is 14.4 Å². The van der Waals surface area contributed by atoms with Crippen molar-refractivity contribution in [2.24, 2.45) is 5.92 Å². The second-order valence-corrected chi connectivity index (χ2v) is 11.7. The first kappa shape index (κ1) is 25.5. The highest BCUT2D eigenvalue weighted by molar-refractivity contribution is 5.95. The van der Waals surface area contributed by atoms with Gasteiger partial charge in [0, 0.05) is 69.5 Å². The molecule has 37 heavy (non-hydrogen) atoms. The summed E-state index contributed by atoms with van der Waals surface area (Å²) >= 11 is 0. The van der Waals surface area contributed by atoms with Crippen LogP contribution in [0.1, 0.15) is 48.7 Å². The molecular weight excluding hydrogens is 466 g/mol. The number of carbonyl (C=O) groups excluding carboxylic acids is 3. The van der Waals surface area contributed by atoms with E-state index in [0.29, 0.717) is 19.1 Å². The van der Waals surface area contributed by atoms with Gasteiger partial charge in [0.1, 0.15) is 0 Å². The average molecular weight is 506 g/mol. The highest BCUT2D eigenvalue weighted by Gasteiger charge is 2.37. The second kappa shape index (κ2) is 10.3. The molecule has 0 bridgehead atoms. The van der Waals surface area contributed by atoms with Gasteiger partial charge in [-0.05, 0) is 56.9 Å². The molecule has 1 aliphatic carbocycles. The summed E-state index contributed by atoms with van der Waals surface area (Å²) in [4.78, 5) is 46.6. The molecule has 1 unspecified atom stereocenters. The van der Waals surface area contributed by atoms with Crippen molar-refractivity contribution in [1.82, 2.24) is 24.9 Å². The van der Waals surface area contributed by atoms with Crippen LogP contribution in [0, 0.1) is 5.92 Å². The third-order valence-electron chi connectivity index (χ3n) is 7.82. The maximum Gasteiger partial charge on any atom is 0.318 e. The summed E-state index contributed by atoms with van der Waals surface area (Å²) in [5, 5.41) is 3.03. The largest absolute Gasteiger partial charge is 0.340 e. The molecule has 8 nitrogen and oxygen atoms in total. The molecular formula is C29H39N5O3. The molecule has 2 fully saturated rings. The lowest BCUT2D eigenvalue weighted by molar-refractivity contribution is -0.136. The monoisotopic (exact) mass is 505 g/mol. The molecule has 5 rings (SSSR count). The Labute approximate surface area is 219 Å². The van der Waals surface area contributed by atoms with Crippen LogP contribution >= 0.6 is 0 Å². The summed E-state index contributed by atoms with van der Waals surface area (Å²) in [6, 6.07) is 6.25. The fourth-order valence-corrected chi connectivity index (χ4v) is 5.60. The van der Waals surface area contributed by atoms with Gasteiger partial charge in [0.05, 0.1) is 5.92 Å². The van der Waals surface area contributed by atoms with Gasteiger partial charge >= 0.3 is 6.03 Å². The molecule has 1 aromatic carbocycles. The van der Waals surface area contributed by atoms with Gasteiger partial charge in [0.2, 0.25) is 5.91 Å². The van der Waals surface area contributed by atoms with E-state index in [-0.39, 0.29) is 29.3 Å². The lowest BCUT2D eigenvalue weighted by Crippen LogP contribution is -2.64. The lowest BCUT2D eigenvalue weighted by Gasteiger charge is -2.48. The van der Waals surface area contributed by atoms with Crippen molar-refractivity contribution in [2.45, 2.75) is 51.7 Å². The van der Waals surface area contributed by atoms with E-state index in [2.05, 4.69) is 16.3 Å². The Morgan fingerprint density at radius 3 is 2.32 bits per heavy atom. The van der Waals surface area contributed by atoms with E-state index in [9.17, 15) is 14.4 Å². The summed E-state index contributed by atoms with van der Waals surface area (Å²) in [6.45, 7) is 11.9. The van der Waals surface area contributed by atoms with E-state index in [1.165, 1.54) is 0 Å². The van der Waals surface area contributed by atoms with Crippen LogP contribution in [0.25, 0.3) is 0 Å². The van der Waals surface area contributed by atoms with Crippen LogP contribution in [0.15, 0.2) is 42.5 Å². The number of hydrogen-bond donors (Lipinski definition) is 1. The number of rotatable bonds is 3. The number of fused-ring (bicyclic) bond motifs is 1. The minimum Gasteiger partial charge on any atom is -0.340 e. The van der Waals surface area contributed by atoms with Crippen LogP contribution in [-0.4, -0.2) is 94.8 Å². The summed E-state index contributed by atoms with van der Waals surface area (Å²) in [5.41, 5.74) is 2.74. The van der Waals surface area contributed by atoms with E-state index in [1.807, 2.05) is 71.9 Å². The van der Waals surface area contributed by atoms with Gasteiger partial charge in [-0.2, -0.15) is 0 Å². The molecule has 3 aliphatic heterocycles. The van der Waals surface area contributed by atoms with Gasteiger partial charge in [0.15, 0.2) is 0 Å². The molecule has 2 saturated heterocycles. The van der Waals surface area contributed by atoms with Crippen LogP contribution < -0.4 is 5.32 Å². The summed E-state index contributed by atoms with van der Waals surface area (Å²) in [7, 11) is 0. The standard InChI is InChI=1S/C29H39N5O3/c1-29(2,3)30-28(37)33-12-11-22-17-23(9-10-24(22)18-33)27(36)34-19-25(20-34)31-13-15-32(16-14-31)26(35)21-7-5-4-6-8-21/h4-7,9-10,17,21,25H,8,11-16,18-20H2,1-3H3,(H,30,37). The van der Waals surface area contributed by atoms with Crippen LogP contribution in [0.3, 0.4) is 0 Å². The first-order valence-electron chi connectivity index (χ1n) is 13.5. The lowest BCUT2D eigenvalue weighted by atomic mass is 9.96. The number of amides is 4. The number of urea groups is 1. The van der Waals surface area contributed by atoms with Crippen LogP contribution in [0.5, 0.6) is 0 Å². The van der Waals surface area contributed by atoms with E-state index in [1.54, 1.807) is 0 Å². The zero-order valence-corrected chi connectivity index (χ0v) is 22.3. The molecule has 4 aliphatic rings. The van der Waals surface area contributed by atoms with E-state index < -0.39 is 0 Å². The molecule has 198 valence electrons. The highest BCUT2D eigenvalue weighted by atomic mass is 16.2. The normalized spacial score (nSPS) is 22.5. The van der Waals surface area contributed by atoms with Crippen LogP contribution in [-0.2, 0) is 17.8 Å². The molecule has 0 radical (unpaired) electrons. The zero-order valence-electron chi connectivity index (χ0n) is 22.3. The smallest absolute Gasteiger partial charge is 0.318 e. The molecule has 3 heterocycles. The third kappa shape index (κ3) is 5.74. The molecule has 0 spiro atoms. The number of nitrogens with one attached hydrogen (secondary N) is 1. The quantitative estimate of drug-likeness (QED) is 0.685. The van der Waals surface area contributed by atoms with Crippen molar-refractivity contribution in [2.75, 3.05) is 45.8 Å². The Morgan fingerprint density at radius 1 is 0.892 bits per heavy atom. The van der Waals surface area contributed by atoms with Crippen molar-refractivity contribution in [3.05, 3.63) is 59.2 Å². The molecule has 0 aromatic heterocycles. The summed E-state index contributed by atoms with van der Waals surface area (Å²) in [5.74, 6) is 0.294. The van der Waals surface area contributed by atoms with E-state index in [4.69, 9.17) is 0 Å². The highest BCUT2D eigenvalue weighted by Crippen LogP contribution is 2.25. The molecule has 1 atom stereocenters.